The highest BCUT2D eigenvalue weighted by Crippen LogP contribution is 2.33. The Bertz CT molecular complexity index is 650. The second-order valence-corrected chi connectivity index (χ2v) is 8.28. The molecule has 136 valence electrons. The van der Waals surface area contributed by atoms with Gasteiger partial charge in [0.1, 0.15) is 0 Å². The van der Waals surface area contributed by atoms with E-state index in [0.717, 1.165) is 12.8 Å². The molecular weight excluding hydrogens is 312 g/mol. The van der Waals surface area contributed by atoms with Gasteiger partial charge in [0.15, 0.2) is 5.79 Å². The molecule has 1 aromatic heterocycles. The summed E-state index contributed by atoms with van der Waals surface area (Å²) in [5, 5.41) is 0. The Labute approximate surface area is 151 Å². The molecule has 0 N–H and O–H groups in total. The van der Waals surface area contributed by atoms with E-state index in [2.05, 4.69) is 56.9 Å². The molecule has 1 saturated heterocycles. The van der Waals surface area contributed by atoms with Gasteiger partial charge in [0.25, 0.3) is 0 Å². The van der Waals surface area contributed by atoms with Gasteiger partial charge in [0.05, 0.1) is 26.1 Å². The van der Waals surface area contributed by atoms with Crippen molar-refractivity contribution < 1.29 is 9.47 Å². The lowest BCUT2D eigenvalue weighted by Gasteiger charge is -2.43. The number of ether oxygens (including phenoxy) is 2. The molecule has 1 fully saturated rings. The molecule has 0 radical (unpaired) electrons. The van der Waals surface area contributed by atoms with Crippen LogP contribution in [0.15, 0.2) is 43.0 Å². The number of rotatable bonds is 6. The van der Waals surface area contributed by atoms with Crippen molar-refractivity contribution in [1.29, 1.82) is 0 Å². The highest BCUT2D eigenvalue weighted by Gasteiger charge is 2.40. The van der Waals surface area contributed by atoms with Crippen LogP contribution in [0.5, 0.6) is 0 Å². The number of aromatic nitrogens is 2. The maximum absolute atomic E-state index is 6.27. The van der Waals surface area contributed by atoms with Crippen LogP contribution in [0.3, 0.4) is 0 Å². The van der Waals surface area contributed by atoms with Crippen LogP contribution in [0.1, 0.15) is 51.2 Å². The molecule has 25 heavy (non-hydrogen) atoms. The largest absolute Gasteiger partial charge is 0.348 e. The predicted molar refractivity (Wildman–Crippen MR) is 99.5 cm³/mol. The molecule has 0 saturated carbocycles. The molecule has 0 bridgehead atoms. The molecule has 0 aliphatic carbocycles. The van der Waals surface area contributed by atoms with E-state index in [1.54, 1.807) is 6.20 Å². The SMILES string of the molecule is CC(C)c1ccc(CCC2(Cn3ccnc3)OCC(C)(C)CO2)cc1. The Kier molecular flexibility index (Phi) is 5.30. The standard InChI is InChI=1S/C21H30N2O2/c1-17(2)19-7-5-18(6-8-19)9-10-21(13-23-12-11-22-16-23)24-14-20(3,4)15-25-21/h5-8,11-12,16-17H,9-10,13-15H2,1-4H3. The minimum atomic E-state index is -0.576. The van der Waals surface area contributed by atoms with Crippen molar-refractivity contribution in [3.05, 3.63) is 54.1 Å². The van der Waals surface area contributed by atoms with Gasteiger partial charge in [0.2, 0.25) is 0 Å². The number of nitrogens with zero attached hydrogens (tertiary/aromatic N) is 2. The Morgan fingerprint density at radius 2 is 1.80 bits per heavy atom. The van der Waals surface area contributed by atoms with Gasteiger partial charge >= 0.3 is 0 Å². The Morgan fingerprint density at radius 1 is 1.12 bits per heavy atom. The summed E-state index contributed by atoms with van der Waals surface area (Å²) in [6, 6.07) is 8.92. The van der Waals surface area contributed by atoms with E-state index in [4.69, 9.17) is 9.47 Å². The first-order valence-corrected chi connectivity index (χ1v) is 9.20. The fourth-order valence-corrected chi connectivity index (χ4v) is 3.11. The van der Waals surface area contributed by atoms with Gasteiger partial charge in [-0.25, -0.2) is 4.98 Å². The summed E-state index contributed by atoms with van der Waals surface area (Å²) in [5.41, 5.74) is 2.77. The van der Waals surface area contributed by atoms with Gasteiger partial charge in [-0.3, -0.25) is 0 Å². The summed E-state index contributed by atoms with van der Waals surface area (Å²) >= 11 is 0. The van der Waals surface area contributed by atoms with E-state index >= 15 is 0 Å². The van der Waals surface area contributed by atoms with Crippen LogP contribution >= 0.6 is 0 Å². The Balaban J connectivity index is 1.69. The molecule has 2 aromatic rings. The van der Waals surface area contributed by atoms with E-state index in [1.807, 2.05) is 17.1 Å². The van der Waals surface area contributed by atoms with Gasteiger partial charge in [-0.1, -0.05) is 52.0 Å². The summed E-state index contributed by atoms with van der Waals surface area (Å²) in [7, 11) is 0. The number of aryl methyl sites for hydroxylation is 1. The van der Waals surface area contributed by atoms with Crippen LogP contribution in [0.2, 0.25) is 0 Å². The zero-order valence-electron chi connectivity index (χ0n) is 15.9. The van der Waals surface area contributed by atoms with Crippen LogP contribution < -0.4 is 0 Å². The predicted octanol–water partition coefficient (Wildman–Crippen LogP) is 4.41. The highest BCUT2D eigenvalue weighted by atomic mass is 16.7. The Hall–Kier alpha value is -1.65. The highest BCUT2D eigenvalue weighted by molar-refractivity contribution is 5.24. The third-order valence-electron chi connectivity index (χ3n) is 4.88. The number of benzene rings is 1. The zero-order chi connectivity index (χ0) is 17.9. The van der Waals surface area contributed by atoms with E-state index in [9.17, 15) is 0 Å². The van der Waals surface area contributed by atoms with E-state index < -0.39 is 5.79 Å². The fraction of sp³-hybridized carbons (Fsp3) is 0.571. The van der Waals surface area contributed by atoms with Crippen LogP contribution in [-0.4, -0.2) is 28.6 Å². The lowest BCUT2D eigenvalue weighted by atomic mass is 9.93. The topological polar surface area (TPSA) is 36.3 Å². The smallest absolute Gasteiger partial charge is 0.186 e. The molecule has 1 aliphatic heterocycles. The van der Waals surface area contributed by atoms with Crippen LogP contribution in [0.4, 0.5) is 0 Å². The number of hydrogen-bond acceptors (Lipinski definition) is 3. The van der Waals surface area contributed by atoms with Crippen molar-refractivity contribution in [3.63, 3.8) is 0 Å². The molecule has 0 spiro atoms. The second kappa shape index (κ2) is 7.30. The maximum Gasteiger partial charge on any atom is 0.186 e. The fourth-order valence-electron chi connectivity index (χ4n) is 3.11. The molecule has 4 nitrogen and oxygen atoms in total. The average Bonchev–Trinajstić information content (AvgIpc) is 3.09. The first-order chi connectivity index (χ1) is 11.9. The van der Waals surface area contributed by atoms with E-state index in [-0.39, 0.29) is 5.41 Å². The van der Waals surface area contributed by atoms with Crippen molar-refractivity contribution in [2.24, 2.45) is 5.41 Å². The number of hydrogen-bond donors (Lipinski definition) is 0. The third kappa shape index (κ3) is 4.71. The lowest BCUT2D eigenvalue weighted by molar-refractivity contribution is -0.307. The second-order valence-electron chi connectivity index (χ2n) is 8.28. The monoisotopic (exact) mass is 342 g/mol. The zero-order valence-corrected chi connectivity index (χ0v) is 15.9. The molecule has 1 aliphatic rings. The molecule has 0 amide bonds. The third-order valence-corrected chi connectivity index (χ3v) is 4.88. The number of imidazole rings is 1. The van der Waals surface area contributed by atoms with E-state index in [0.29, 0.717) is 25.7 Å². The van der Waals surface area contributed by atoms with Crippen LogP contribution in [0.25, 0.3) is 0 Å². The van der Waals surface area contributed by atoms with Gasteiger partial charge in [-0.15, -0.1) is 0 Å². The van der Waals surface area contributed by atoms with Crippen molar-refractivity contribution in [3.8, 4) is 0 Å². The molecular formula is C21H30N2O2. The molecule has 4 heteroatoms. The average molecular weight is 342 g/mol. The quantitative estimate of drug-likeness (QED) is 0.780. The maximum atomic E-state index is 6.27. The minimum Gasteiger partial charge on any atom is -0.348 e. The summed E-state index contributed by atoms with van der Waals surface area (Å²) < 4.78 is 14.6. The van der Waals surface area contributed by atoms with Gasteiger partial charge in [-0.05, 0) is 23.5 Å². The van der Waals surface area contributed by atoms with Gasteiger partial charge in [-0.2, -0.15) is 0 Å². The first-order valence-electron chi connectivity index (χ1n) is 9.20. The van der Waals surface area contributed by atoms with Crippen LogP contribution in [-0.2, 0) is 22.4 Å². The summed E-state index contributed by atoms with van der Waals surface area (Å²) in [6.45, 7) is 10.9. The first kappa shape index (κ1) is 18.2. The van der Waals surface area contributed by atoms with Gasteiger partial charge in [0, 0.05) is 24.2 Å². The minimum absolute atomic E-state index is 0.0668. The molecule has 2 heterocycles. The normalized spacial score (nSPS) is 19.2. The van der Waals surface area contributed by atoms with Crippen LogP contribution in [0, 0.1) is 5.41 Å². The molecule has 0 unspecified atom stereocenters. The molecule has 0 atom stereocenters. The van der Waals surface area contributed by atoms with E-state index in [1.165, 1.54) is 11.1 Å². The summed E-state index contributed by atoms with van der Waals surface area (Å²) in [6.07, 6.45) is 7.36. The molecule has 1 aromatic carbocycles. The van der Waals surface area contributed by atoms with Gasteiger partial charge < -0.3 is 14.0 Å². The van der Waals surface area contributed by atoms with Crippen molar-refractivity contribution in [2.45, 2.75) is 58.8 Å². The Morgan fingerprint density at radius 3 is 2.36 bits per heavy atom. The van der Waals surface area contributed by atoms with Crippen molar-refractivity contribution in [2.75, 3.05) is 13.2 Å². The summed E-state index contributed by atoms with van der Waals surface area (Å²) in [5.74, 6) is -0.0127. The van der Waals surface area contributed by atoms with Crippen molar-refractivity contribution in [1.82, 2.24) is 9.55 Å². The molecule has 3 rings (SSSR count). The summed E-state index contributed by atoms with van der Waals surface area (Å²) in [4.78, 5) is 4.14. The lowest BCUT2D eigenvalue weighted by Crippen LogP contribution is -2.50. The van der Waals surface area contributed by atoms with Crippen molar-refractivity contribution >= 4 is 0 Å².